The maximum atomic E-state index is 12.7. The molecule has 1 fully saturated rings. The number of benzene rings is 1. The normalized spacial score (nSPS) is 16.6. The number of anilines is 3. The molecule has 0 saturated heterocycles. The van der Waals surface area contributed by atoms with Crippen LogP contribution >= 0.6 is 0 Å². The van der Waals surface area contributed by atoms with Crippen molar-refractivity contribution in [3.05, 3.63) is 54.1 Å². The highest BCUT2D eigenvalue weighted by Crippen LogP contribution is 2.30. The lowest BCUT2D eigenvalue weighted by Gasteiger charge is -2.32. The van der Waals surface area contributed by atoms with Crippen molar-refractivity contribution in [3.8, 4) is 0 Å². The van der Waals surface area contributed by atoms with Crippen LogP contribution in [-0.4, -0.2) is 29.0 Å². The molecule has 2 aromatic rings. The number of amides is 1. The van der Waals surface area contributed by atoms with Crippen molar-refractivity contribution in [1.82, 2.24) is 9.97 Å². The fraction of sp³-hybridized carbons (Fsp3) is 0.381. The van der Waals surface area contributed by atoms with E-state index in [0.29, 0.717) is 11.7 Å². The minimum absolute atomic E-state index is 0.222. The van der Waals surface area contributed by atoms with Crippen molar-refractivity contribution in [2.24, 2.45) is 0 Å². The summed E-state index contributed by atoms with van der Waals surface area (Å²) in [4.78, 5) is 23.4. The molecule has 0 spiro atoms. The number of allylic oxidation sites excluding steroid dienone is 1. The first kappa shape index (κ1) is 17.5. The van der Waals surface area contributed by atoms with Gasteiger partial charge in [0, 0.05) is 42.6 Å². The van der Waals surface area contributed by atoms with Crippen molar-refractivity contribution in [3.63, 3.8) is 0 Å². The Morgan fingerprint density at radius 3 is 2.85 bits per heavy atom. The molecule has 1 aromatic carbocycles. The van der Waals surface area contributed by atoms with Gasteiger partial charge in [0.15, 0.2) is 0 Å². The van der Waals surface area contributed by atoms with E-state index in [1.807, 2.05) is 18.2 Å². The van der Waals surface area contributed by atoms with E-state index in [0.717, 1.165) is 34.9 Å². The second-order valence-corrected chi connectivity index (χ2v) is 7.40. The second kappa shape index (κ2) is 7.39. The quantitative estimate of drug-likeness (QED) is 0.860. The zero-order valence-electron chi connectivity index (χ0n) is 15.7. The number of carbonyl (C=O) groups is 1. The molecule has 1 aliphatic carbocycles. The Morgan fingerprint density at radius 2 is 2.04 bits per heavy atom. The van der Waals surface area contributed by atoms with E-state index < -0.39 is 0 Å². The van der Waals surface area contributed by atoms with Crippen LogP contribution in [0.3, 0.4) is 0 Å². The largest absolute Gasteiger partial charge is 0.359 e. The number of hydrogen-bond acceptors (Lipinski definition) is 5. The van der Waals surface area contributed by atoms with Crippen LogP contribution in [0.25, 0.3) is 0 Å². The van der Waals surface area contributed by atoms with E-state index in [1.54, 1.807) is 6.07 Å². The molecule has 2 N–H and O–H groups in total. The van der Waals surface area contributed by atoms with E-state index in [1.165, 1.54) is 38.4 Å². The van der Waals surface area contributed by atoms with Crippen molar-refractivity contribution in [2.75, 3.05) is 22.6 Å². The third kappa shape index (κ3) is 3.79. The predicted molar refractivity (Wildman–Crippen MR) is 108 cm³/mol. The Labute approximate surface area is 159 Å². The van der Waals surface area contributed by atoms with Crippen LogP contribution in [0, 0.1) is 0 Å². The van der Waals surface area contributed by atoms with Gasteiger partial charge in [0.1, 0.15) is 17.8 Å². The van der Waals surface area contributed by atoms with Crippen LogP contribution in [0.1, 0.15) is 48.2 Å². The van der Waals surface area contributed by atoms with E-state index in [9.17, 15) is 4.79 Å². The van der Waals surface area contributed by atoms with Crippen molar-refractivity contribution >= 4 is 23.1 Å². The van der Waals surface area contributed by atoms with E-state index in [4.69, 9.17) is 0 Å². The Kier molecular flexibility index (Phi) is 4.79. The lowest BCUT2D eigenvalue weighted by molar-refractivity contribution is 0.102. The monoisotopic (exact) mass is 363 g/mol. The molecule has 6 heteroatoms. The average molecular weight is 363 g/mol. The zero-order valence-corrected chi connectivity index (χ0v) is 15.7. The summed E-state index contributed by atoms with van der Waals surface area (Å²) < 4.78 is 0. The van der Waals surface area contributed by atoms with Gasteiger partial charge in [0.05, 0.1) is 0 Å². The maximum Gasteiger partial charge on any atom is 0.274 e. The lowest BCUT2D eigenvalue weighted by atomic mass is 9.94. The Bertz CT molecular complexity index is 873. The summed E-state index contributed by atoms with van der Waals surface area (Å²) in [5.41, 5.74) is 4.30. The van der Waals surface area contributed by atoms with Crippen molar-refractivity contribution in [2.45, 2.75) is 44.6 Å². The topological polar surface area (TPSA) is 70.2 Å². The van der Waals surface area contributed by atoms with E-state index in [2.05, 4.69) is 39.1 Å². The molecular weight excluding hydrogens is 338 g/mol. The van der Waals surface area contributed by atoms with Gasteiger partial charge in [-0.25, -0.2) is 9.97 Å². The smallest absolute Gasteiger partial charge is 0.274 e. The summed E-state index contributed by atoms with van der Waals surface area (Å²) in [7, 11) is 2.06. The molecule has 6 nitrogen and oxygen atoms in total. The van der Waals surface area contributed by atoms with Crippen LogP contribution in [0.15, 0.2) is 42.9 Å². The number of carbonyl (C=O) groups excluding carboxylic acids is 1. The number of nitrogens with one attached hydrogen (secondary N) is 2. The fourth-order valence-corrected chi connectivity index (χ4v) is 3.92. The SMILES string of the molecule is C=C1Cc2cc(NC(=O)c3cc(N(C)C4CCCCC4)ncn3)ccc2N1. The summed E-state index contributed by atoms with van der Waals surface area (Å²) in [5, 5.41) is 6.17. The van der Waals surface area contributed by atoms with Gasteiger partial charge in [-0.1, -0.05) is 25.8 Å². The Hall–Kier alpha value is -2.89. The zero-order chi connectivity index (χ0) is 18.8. The minimum Gasteiger partial charge on any atom is -0.359 e. The summed E-state index contributed by atoms with van der Waals surface area (Å²) >= 11 is 0. The first-order valence-electron chi connectivity index (χ1n) is 9.54. The predicted octanol–water partition coefficient (Wildman–Crippen LogP) is 3.98. The molecule has 2 aliphatic rings. The molecule has 0 unspecified atom stereocenters. The summed E-state index contributed by atoms with van der Waals surface area (Å²) in [6, 6.07) is 8.10. The second-order valence-electron chi connectivity index (χ2n) is 7.40. The molecule has 1 aliphatic heterocycles. The van der Waals surface area contributed by atoms with Crippen LogP contribution in [0.5, 0.6) is 0 Å². The van der Waals surface area contributed by atoms with E-state index >= 15 is 0 Å². The standard InChI is InChI=1S/C21H25N5O/c1-14-10-15-11-16(8-9-18(15)24-14)25-21(27)19-12-20(23-13-22-19)26(2)17-6-4-3-5-7-17/h8-9,11-13,17,24H,1,3-7,10H2,2H3,(H,25,27). The van der Waals surface area contributed by atoms with Gasteiger partial charge >= 0.3 is 0 Å². The van der Waals surface area contributed by atoms with Gasteiger partial charge in [0.25, 0.3) is 5.91 Å². The molecule has 1 aromatic heterocycles. The Morgan fingerprint density at radius 1 is 1.22 bits per heavy atom. The summed E-state index contributed by atoms with van der Waals surface area (Å²) in [6.07, 6.45) is 8.43. The first-order valence-corrected chi connectivity index (χ1v) is 9.54. The van der Waals surface area contributed by atoms with Gasteiger partial charge in [-0.3, -0.25) is 4.79 Å². The average Bonchev–Trinajstić information content (AvgIpc) is 3.07. The summed E-state index contributed by atoms with van der Waals surface area (Å²) in [6.45, 7) is 3.95. The minimum atomic E-state index is -0.222. The number of hydrogen-bond donors (Lipinski definition) is 2. The third-order valence-corrected chi connectivity index (χ3v) is 5.45. The van der Waals surface area contributed by atoms with Gasteiger partial charge < -0.3 is 15.5 Å². The molecule has 27 heavy (non-hydrogen) atoms. The number of fused-ring (bicyclic) bond motifs is 1. The molecule has 0 atom stereocenters. The maximum absolute atomic E-state index is 12.7. The van der Waals surface area contributed by atoms with Gasteiger partial charge in [-0.05, 0) is 36.6 Å². The Balaban J connectivity index is 1.48. The van der Waals surface area contributed by atoms with Crippen molar-refractivity contribution < 1.29 is 4.79 Å². The molecule has 140 valence electrons. The van der Waals surface area contributed by atoms with Gasteiger partial charge in [-0.2, -0.15) is 0 Å². The highest BCUT2D eigenvalue weighted by molar-refractivity contribution is 6.03. The van der Waals surface area contributed by atoms with Gasteiger partial charge in [-0.15, -0.1) is 0 Å². The number of rotatable bonds is 4. The number of aromatic nitrogens is 2. The van der Waals surface area contributed by atoms with Crippen LogP contribution in [0.4, 0.5) is 17.2 Å². The third-order valence-electron chi connectivity index (χ3n) is 5.45. The van der Waals surface area contributed by atoms with Crippen LogP contribution in [0.2, 0.25) is 0 Å². The molecule has 0 radical (unpaired) electrons. The molecule has 0 bridgehead atoms. The van der Waals surface area contributed by atoms with Crippen LogP contribution < -0.4 is 15.5 Å². The van der Waals surface area contributed by atoms with Crippen molar-refractivity contribution in [1.29, 1.82) is 0 Å². The lowest BCUT2D eigenvalue weighted by Crippen LogP contribution is -2.34. The molecule has 4 rings (SSSR count). The molecule has 2 heterocycles. The van der Waals surface area contributed by atoms with Crippen LogP contribution in [-0.2, 0) is 6.42 Å². The fourth-order valence-electron chi connectivity index (χ4n) is 3.92. The van der Waals surface area contributed by atoms with E-state index in [-0.39, 0.29) is 5.91 Å². The number of nitrogens with zero attached hydrogens (tertiary/aromatic N) is 3. The first-order chi connectivity index (χ1) is 13.1. The van der Waals surface area contributed by atoms with Gasteiger partial charge in [0.2, 0.25) is 0 Å². The highest BCUT2D eigenvalue weighted by atomic mass is 16.1. The molecule has 1 saturated carbocycles. The molecular formula is C21H25N5O. The highest BCUT2D eigenvalue weighted by Gasteiger charge is 2.21. The summed E-state index contributed by atoms with van der Waals surface area (Å²) in [5.74, 6) is 0.580. The molecule has 1 amide bonds.